The SMILES string of the molecule is CCOCCCCCCCNc1ccccc1CC. The largest absolute Gasteiger partial charge is 0.385 e. The lowest BCUT2D eigenvalue weighted by Crippen LogP contribution is -2.03. The summed E-state index contributed by atoms with van der Waals surface area (Å²) in [5.74, 6) is 0. The molecule has 2 nitrogen and oxygen atoms in total. The Morgan fingerprint density at radius 3 is 2.47 bits per heavy atom. The number of aryl methyl sites for hydroxylation is 1. The van der Waals surface area contributed by atoms with Crippen LogP contribution < -0.4 is 5.32 Å². The fourth-order valence-corrected chi connectivity index (χ4v) is 2.23. The predicted octanol–water partition coefficient (Wildman–Crippen LogP) is 4.65. The third-order valence-electron chi connectivity index (χ3n) is 3.38. The Hall–Kier alpha value is -1.02. The number of nitrogens with one attached hydrogen (secondary N) is 1. The quantitative estimate of drug-likeness (QED) is 0.587. The van der Waals surface area contributed by atoms with Gasteiger partial charge in [0.15, 0.2) is 0 Å². The molecule has 0 aliphatic rings. The van der Waals surface area contributed by atoms with Crippen molar-refractivity contribution in [1.82, 2.24) is 0 Å². The van der Waals surface area contributed by atoms with E-state index in [1.807, 2.05) is 0 Å². The summed E-state index contributed by atoms with van der Waals surface area (Å²) in [4.78, 5) is 0. The van der Waals surface area contributed by atoms with Crippen molar-refractivity contribution in [2.45, 2.75) is 52.4 Å². The summed E-state index contributed by atoms with van der Waals surface area (Å²) in [6.45, 7) is 7.13. The van der Waals surface area contributed by atoms with Crippen molar-refractivity contribution in [1.29, 1.82) is 0 Å². The second-order valence-electron chi connectivity index (χ2n) is 4.90. The molecule has 0 radical (unpaired) electrons. The van der Waals surface area contributed by atoms with Gasteiger partial charge in [0.1, 0.15) is 0 Å². The fourth-order valence-electron chi connectivity index (χ4n) is 2.23. The number of hydrogen-bond donors (Lipinski definition) is 1. The van der Waals surface area contributed by atoms with E-state index >= 15 is 0 Å². The lowest BCUT2D eigenvalue weighted by molar-refractivity contribution is 0.143. The van der Waals surface area contributed by atoms with Gasteiger partial charge in [-0.05, 0) is 37.8 Å². The molecule has 0 unspecified atom stereocenters. The first kappa shape index (κ1) is 16.0. The number of ether oxygens (including phenoxy) is 1. The van der Waals surface area contributed by atoms with Gasteiger partial charge in [0, 0.05) is 25.4 Å². The van der Waals surface area contributed by atoms with Crippen LogP contribution in [0.1, 0.15) is 51.5 Å². The molecule has 0 atom stereocenters. The molecule has 0 aliphatic carbocycles. The summed E-state index contributed by atoms with van der Waals surface area (Å²) < 4.78 is 5.33. The third-order valence-corrected chi connectivity index (χ3v) is 3.38. The maximum atomic E-state index is 5.33. The minimum atomic E-state index is 0.848. The molecule has 0 bridgehead atoms. The number of unbranched alkanes of at least 4 members (excludes halogenated alkanes) is 4. The van der Waals surface area contributed by atoms with Gasteiger partial charge in [0.25, 0.3) is 0 Å². The van der Waals surface area contributed by atoms with Crippen molar-refractivity contribution < 1.29 is 4.74 Å². The van der Waals surface area contributed by atoms with Gasteiger partial charge in [-0.1, -0.05) is 44.4 Å². The molecule has 19 heavy (non-hydrogen) atoms. The Bertz CT molecular complexity index is 325. The highest BCUT2D eigenvalue weighted by molar-refractivity contribution is 5.50. The van der Waals surface area contributed by atoms with Crippen LogP contribution in [0.4, 0.5) is 5.69 Å². The first-order chi connectivity index (χ1) is 9.38. The van der Waals surface area contributed by atoms with Crippen molar-refractivity contribution in [3.05, 3.63) is 29.8 Å². The minimum Gasteiger partial charge on any atom is -0.385 e. The Morgan fingerprint density at radius 2 is 1.68 bits per heavy atom. The number of rotatable bonds is 11. The number of benzene rings is 1. The molecule has 1 rings (SSSR count). The average Bonchev–Trinajstić information content (AvgIpc) is 2.46. The van der Waals surface area contributed by atoms with Gasteiger partial charge in [0.2, 0.25) is 0 Å². The van der Waals surface area contributed by atoms with E-state index in [-0.39, 0.29) is 0 Å². The molecule has 0 aromatic heterocycles. The molecule has 1 aromatic carbocycles. The van der Waals surface area contributed by atoms with Crippen LogP contribution in [0.2, 0.25) is 0 Å². The van der Waals surface area contributed by atoms with E-state index < -0.39 is 0 Å². The van der Waals surface area contributed by atoms with Crippen LogP contribution in [-0.2, 0) is 11.2 Å². The summed E-state index contributed by atoms with van der Waals surface area (Å²) >= 11 is 0. The highest BCUT2D eigenvalue weighted by Crippen LogP contribution is 2.15. The standard InChI is InChI=1S/C17H29NO/c1-3-16-12-8-9-13-17(16)18-14-10-6-5-7-11-15-19-4-2/h8-9,12-13,18H,3-7,10-11,14-15H2,1-2H3. The van der Waals surface area contributed by atoms with E-state index in [1.165, 1.54) is 43.4 Å². The zero-order valence-electron chi connectivity index (χ0n) is 12.6. The zero-order valence-corrected chi connectivity index (χ0v) is 12.6. The molecule has 0 amide bonds. The summed E-state index contributed by atoms with van der Waals surface area (Å²) in [6, 6.07) is 8.61. The van der Waals surface area contributed by atoms with Crippen LogP contribution in [0.25, 0.3) is 0 Å². The molecule has 0 aliphatic heterocycles. The molecule has 0 saturated heterocycles. The molecule has 0 spiro atoms. The topological polar surface area (TPSA) is 21.3 Å². The summed E-state index contributed by atoms with van der Waals surface area (Å²) in [5, 5.41) is 3.55. The van der Waals surface area contributed by atoms with Crippen LogP contribution >= 0.6 is 0 Å². The molecule has 108 valence electrons. The minimum absolute atomic E-state index is 0.848. The van der Waals surface area contributed by atoms with Crippen LogP contribution in [0.3, 0.4) is 0 Å². The van der Waals surface area contributed by atoms with Crippen molar-refractivity contribution in [3.63, 3.8) is 0 Å². The van der Waals surface area contributed by atoms with Crippen LogP contribution in [-0.4, -0.2) is 19.8 Å². The van der Waals surface area contributed by atoms with E-state index in [0.717, 1.165) is 26.2 Å². The summed E-state index contributed by atoms with van der Waals surface area (Å²) in [5.41, 5.74) is 2.72. The highest BCUT2D eigenvalue weighted by Gasteiger charge is 1.98. The number of para-hydroxylation sites is 1. The monoisotopic (exact) mass is 263 g/mol. The van der Waals surface area contributed by atoms with Gasteiger partial charge in [0.05, 0.1) is 0 Å². The third kappa shape index (κ3) is 7.22. The van der Waals surface area contributed by atoms with E-state index in [4.69, 9.17) is 4.74 Å². The first-order valence-corrected chi connectivity index (χ1v) is 7.78. The molecule has 1 N–H and O–H groups in total. The van der Waals surface area contributed by atoms with Crippen molar-refractivity contribution >= 4 is 5.69 Å². The lowest BCUT2D eigenvalue weighted by atomic mass is 10.1. The van der Waals surface area contributed by atoms with Gasteiger partial charge in [-0.25, -0.2) is 0 Å². The molecular formula is C17H29NO. The van der Waals surface area contributed by atoms with E-state index in [2.05, 4.69) is 43.4 Å². The molecular weight excluding hydrogens is 234 g/mol. The first-order valence-electron chi connectivity index (χ1n) is 7.78. The second kappa shape index (κ2) is 10.9. The van der Waals surface area contributed by atoms with E-state index in [9.17, 15) is 0 Å². The molecule has 0 saturated carbocycles. The molecule has 1 aromatic rings. The van der Waals surface area contributed by atoms with Gasteiger partial charge < -0.3 is 10.1 Å². The maximum Gasteiger partial charge on any atom is 0.0465 e. The summed E-state index contributed by atoms with van der Waals surface area (Å²) in [6.07, 6.45) is 7.50. The predicted molar refractivity (Wildman–Crippen MR) is 83.9 cm³/mol. The second-order valence-corrected chi connectivity index (χ2v) is 4.90. The van der Waals surface area contributed by atoms with E-state index in [1.54, 1.807) is 0 Å². The average molecular weight is 263 g/mol. The zero-order chi connectivity index (χ0) is 13.8. The summed E-state index contributed by atoms with van der Waals surface area (Å²) in [7, 11) is 0. The van der Waals surface area contributed by atoms with Crippen LogP contribution in [0, 0.1) is 0 Å². The molecule has 0 fully saturated rings. The maximum absolute atomic E-state index is 5.33. The smallest absolute Gasteiger partial charge is 0.0465 e. The fraction of sp³-hybridized carbons (Fsp3) is 0.647. The highest BCUT2D eigenvalue weighted by atomic mass is 16.5. The Kier molecular flexibility index (Phi) is 9.17. The Morgan fingerprint density at radius 1 is 0.947 bits per heavy atom. The van der Waals surface area contributed by atoms with Crippen molar-refractivity contribution in [3.8, 4) is 0 Å². The van der Waals surface area contributed by atoms with Crippen LogP contribution in [0.15, 0.2) is 24.3 Å². The molecule has 0 heterocycles. The number of anilines is 1. The normalized spacial score (nSPS) is 10.6. The molecule has 2 heteroatoms. The lowest BCUT2D eigenvalue weighted by Gasteiger charge is -2.10. The number of hydrogen-bond acceptors (Lipinski definition) is 2. The van der Waals surface area contributed by atoms with Crippen molar-refractivity contribution in [2.75, 3.05) is 25.1 Å². The van der Waals surface area contributed by atoms with Crippen molar-refractivity contribution in [2.24, 2.45) is 0 Å². The van der Waals surface area contributed by atoms with Gasteiger partial charge in [-0.3, -0.25) is 0 Å². The van der Waals surface area contributed by atoms with Gasteiger partial charge in [-0.15, -0.1) is 0 Å². The Balaban J connectivity index is 2.01. The van der Waals surface area contributed by atoms with E-state index in [0.29, 0.717) is 0 Å². The van der Waals surface area contributed by atoms with Crippen LogP contribution in [0.5, 0.6) is 0 Å². The Labute approximate surface area is 118 Å². The van der Waals surface area contributed by atoms with Gasteiger partial charge >= 0.3 is 0 Å². The van der Waals surface area contributed by atoms with Gasteiger partial charge in [-0.2, -0.15) is 0 Å².